The second-order valence-corrected chi connectivity index (χ2v) is 9.02. The van der Waals surface area contributed by atoms with Crippen LogP contribution in [0.3, 0.4) is 0 Å². The van der Waals surface area contributed by atoms with Gasteiger partial charge in [0.15, 0.2) is 0 Å². The van der Waals surface area contributed by atoms with Crippen LogP contribution in [0, 0.1) is 5.92 Å². The molecule has 1 fully saturated rings. The van der Waals surface area contributed by atoms with Crippen LogP contribution in [0.2, 0.25) is 0 Å². The van der Waals surface area contributed by atoms with Gasteiger partial charge in [-0.05, 0) is 35.1 Å². The van der Waals surface area contributed by atoms with E-state index in [2.05, 4.69) is 32.7 Å². The van der Waals surface area contributed by atoms with Crippen molar-refractivity contribution in [2.24, 2.45) is 5.92 Å². The Hall–Kier alpha value is -4.14. The molecule has 0 bridgehead atoms. The van der Waals surface area contributed by atoms with Crippen molar-refractivity contribution in [2.75, 3.05) is 6.61 Å². The maximum Gasteiger partial charge on any atom is 0.407 e. The SMILES string of the molecule is O=C(N[C@H](Cc1cnc[nH]1)C(=O)NC1CC(C(=O)O)C1)OCC1c2ccccc2-c2ccccc21. The van der Waals surface area contributed by atoms with Crippen molar-refractivity contribution in [3.05, 3.63) is 77.9 Å². The minimum atomic E-state index is -0.894. The summed E-state index contributed by atoms with van der Waals surface area (Å²) in [6.07, 6.45) is 3.35. The summed E-state index contributed by atoms with van der Waals surface area (Å²) in [5.41, 5.74) is 5.15. The van der Waals surface area contributed by atoms with Gasteiger partial charge in [-0.2, -0.15) is 0 Å². The number of aromatic nitrogens is 2. The van der Waals surface area contributed by atoms with Crippen LogP contribution in [0.5, 0.6) is 0 Å². The van der Waals surface area contributed by atoms with E-state index >= 15 is 0 Å². The minimum Gasteiger partial charge on any atom is -0.481 e. The summed E-state index contributed by atoms with van der Waals surface area (Å²) < 4.78 is 5.60. The molecule has 1 atom stereocenters. The van der Waals surface area contributed by atoms with Crippen LogP contribution >= 0.6 is 0 Å². The van der Waals surface area contributed by atoms with Crippen LogP contribution in [0.15, 0.2) is 61.1 Å². The lowest BCUT2D eigenvalue weighted by molar-refractivity contribution is -0.146. The summed E-state index contributed by atoms with van der Waals surface area (Å²) in [5, 5.41) is 14.6. The van der Waals surface area contributed by atoms with E-state index < -0.39 is 24.0 Å². The van der Waals surface area contributed by atoms with Gasteiger partial charge in [0.1, 0.15) is 12.6 Å². The molecule has 1 saturated carbocycles. The number of imidazole rings is 1. The van der Waals surface area contributed by atoms with Crippen molar-refractivity contribution in [3.8, 4) is 11.1 Å². The summed E-state index contributed by atoms with van der Waals surface area (Å²) in [6.45, 7) is 0.140. The number of rotatable bonds is 8. The molecule has 4 N–H and O–H groups in total. The second kappa shape index (κ2) is 9.61. The molecule has 9 heteroatoms. The molecule has 5 rings (SSSR count). The van der Waals surface area contributed by atoms with Crippen LogP contribution in [-0.4, -0.2) is 51.7 Å². The van der Waals surface area contributed by atoms with Crippen LogP contribution in [0.1, 0.15) is 35.6 Å². The number of ether oxygens (including phenoxy) is 1. The molecule has 0 spiro atoms. The highest BCUT2D eigenvalue weighted by Gasteiger charge is 2.37. The number of carboxylic acids is 1. The van der Waals surface area contributed by atoms with E-state index in [0.717, 1.165) is 22.3 Å². The number of aliphatic carboxylic acids is 1. The predicted molar refractivity (Wildman–Crippen MR) is 127 cm³/mol. The van der Waals surface area contributed by atoms with Gasteiger partial charge in [-0.3, -0.25) is 9.59 Å². The first-order chi connectivity index (χ1) is 17.0. The summed E-state index contributed by atoms with van der Waals surface area (Å²) in [5.74, 6) is -1.78. The van der Waals surface area contributed by atoms with Gasteiger partial charge in [-0.25, -0.2) is 9.78 Å². The zero-order chi connectivity index (χ0) is 24.4. The van der Waals surface area contributed by atoms with E-state index in [9.17, 15) is 14.4 Å². The van der Waals surface area contributed by atoms with Crippen molar-refractivity contribution in [1.82, 2.24) is 20.6 Å². The Balaban J connectivity index is 1.23. The van der Waals surface area contributed by atoms with Crippen molar-refractivity contribution in [1.29, 1.82) is 0 Å². The molecule has 180 valence electrons. The van der Waals surface area contributed by atoms with E-state index in [4.69, 9.17) is 9.84 Å². The number of H-pyrrole nitrogens is 1. The molecule has 2 aliphatic rings. The van der Waals surface area contributed by atoms with Crippen LogP contribution in [-0.2, 0) is 20.7 Å². The zero-order valence-electron chi connectivity index (χ0n) is 18.9. The molecule has 0 saturated heterocycles. The first-order valence-corrected chi connectivity index (χ1v) is 11.6. The number of benzene rings is 2. The Morgan fingerprint density at radius 1 is 1.06 bits per heavy atom. The standard InChI is InChI=1S/C26H26N4O5/c31-24(29-16-9-15(10-16)25(32)33)23(11-17-12-27-14-28-17)30-26(34)35-13-22-20-7-3-1-5-18(20)19-6-2-4-8-21(19)22/h1-8,12,14-16,22-23H,9-11,13H2,(H,27,28)(H,29,31)(H,30,34)(H,32,33)/t15?,16?,23-/m1/s1. The van der Waals surface area contributed by atoms with E-state index in [1.165, 1.54) is 6.33 Å². The van der Waals surface area contributed by atoms with Gasteiger partial charge >= 0.3 is 12.1 Å². The lowest BCUT2D eigenvalue weighted by atomic mass is 9.80. The molecular formula is C26H26N4O5. The summed E-state index contributed by atoms with van der Waals surface area (Å²) in [6, 6.07) is 15.0. The molecular weight excluding hydrogens is 448 g/mol. The molecule has 3 aromatic rings. The highest BCUT2D eigenvalue weighted by molar-refractivity contribution is 5.86. The summed E-state index contributed by atoms with van der Waals surface area (Å²) >= 11 is 0. The van der Waals surface area contributed by atoms with Gasteiger partial charge < -0.3 is 25.5 Å². The smallest absolute Gasteiger partial charge is 0.407 e. The second-order valence-electron chi connectivity index (χ2n) is 9.02. The fourth-order valence-corrected chi connectivity index (χ4v) is 4.85. The number of carboxylic acid groups (broad SMARTS) is 1. The number of carbonyl (C=O) groups is 3. The molecule has 2 amide bonds. The van der Waals surface area contributed by atoms with Crippen LogP contribution in [0.4, 0.5) is 4.79 Å². The number of hydrogen-bond donors (Lipinski definition) is 4. The Morgan fingerprint density at radius 3 is 2.31 bits per heavy atom. The topological polar surface area (TPSA) is 133 Å². The maximum atomic E-state index is 12.9. The first-order valence-electron chi connectivity index (χ1n) is 11.6. The van der Waals surface area contributed by atoms with Gasteiger partial charge in [0, 0.05) is 30.3 Å². The Kier molecular flexibility index (Phi) is 6.22. The minimum absolute atomic E-state index is 0.0871. The molecule has 35 heavy (non-hydrogen) atoms. The fraction of sp³-hybridized carbons (Fsp3) is 0.308. The molecule has 1 aromatic heterocycles. The van der Waals surface area contributed by atoms with E-state index in [1.54, 1.807) is 6.20 Å². The number of hydrogen-bond acceptors (Lipinski definition) is 5. The van der Waals surface area contributed by atoms with Crippen LogP contribution < -0.4 is 10.6 Å². The summed E-state index contributed by atoms with van der Waals surface area (Å²) in [7, 11) is 0. The van der Waals surface area contributed by atoms with Gasteiger partial charge in [0.05, 0.1) is 12.2 Å². The fourth-order valence-electron chi connectivity index (χ4n) is 4.85. The van der Waals surface area contributed by atoms with Gasteiger partial charge in [-0.15, -0.1) is 0 Å². The quantitative estimate of drug-likeness (QED) is 0.397. The maximum absolute atomic E-state index is 12.9. The lowest BCUT2D eigenvalue weighted by Crippen LogP contribution is -2.54. The number of alkyl carbamates (subject to hydrolysis) is 1. The van der Waals surface area contributed by atoms with Crippen LogP contribution in [0.25, 0.3) is 11.1 Å². The zero-order valence-corrected chi connectivity index (χ0v) is 18.9. The van der Waals surface area contributed by atoms with Crippen molar-refractivity contribution >= 4 is 18.0 Å². The highest BCUT2D eigenvalue weighted by atomic mass is 16.5. The average molecular weight is 475 g/mol. The molecule has 0 radical (unpaired) electrons. The number of amides is 2. The monoisotopic (exact) mass is 474 g/mol. The molecule has 2 aromatic carbocycles. The van der Waals surface area contributed by atoms with Gasteiger partial charge in [0.2, 0.25) is 5.91 Å². The number of carbonyl (C=O) groups excluding carboxylic acids is 2. The molecule has 2 aliphatic carbocycles. The first kappa shape index (κ1) is 22.6. The summed E-state index contributed by atoms with van der Waals surface area (Å²) in [4.78, 5) is 43.6. The molecule has 9 nitrogen and oxygen atoms in total. The average Bonchev–Trinajstić information content (AvgIpc) is 3.45. The third kappa shape index (κ3) is 4.75. The Labute approximate surface area is 201 Å². The van der Waals surface area contributed by atoms with E-state index in [0.29, 0.717) is 18.5 Å². The lowest BCUT2D eigenvalue weighted by Gasteiger charge is -2.34. The molecule has 1 heterocycles. The van der Waals surface area contributed by atoms with E-state index in [-0.39, 0.29) is 30.9 Å². The van der Waals surface area contributed by atoms with E-state index in [1.807, 2.05) is 36.4 Å². The largest absolute Gasteiger partial charge is 0.481 e. The predicted octanol–water partition coefficient (Wildman–Crippen LogP) is 2.84. The van der Waals surface area contributed by atoms with Gasteiger partial charge in [-0.1, -0.05) is 48.5 Å². The number of fused-ring (bicyclic) bond motifs is 3. The number of nitrogens with one attached hydrogen (secondary N) is 3. The molecule has 0 aliphatic heterocycles. The van der Waals surface area contributed by atoms with Crippen molar-refractivity contribution in [2.45, 2.75) is 37.3 Å². The third-order valence-corrected chi connectivity index (χ3v) is 6.76. The van der Waals surface area contributed by atoms with Crippen molar-refractivity contribution < 1.29 is 24.2 Å². The number of aromatic amines is 1. The normalized spacial score (nSPS) is 19.1. The van der Waals surface area contributed by atoms with Gasteiger partial charge in [0.25, 0.3) is 0 Å². The third-order valence-electron chi connectivity index (χ3n) is 6.76. The number of nitrogens with zero attached hydrogens (tertiary/aromatic N) is 1. The Morgan fingerprint density at radius 2 is 1.71 bits per heavy atom. The Bertz CT molecular complexity index is 1190. The van der Waals surface area contributed by atoms with Crippen molar-refractivity contribution in [3.63, 3.8) is 0 Å². The molecule has 0 unspecified atom stereocenters. The highest BCUT2D eigenvalue weighted by Crippen LogP contribution is 2.44.